The van der Waals surface area contributed by atoms with Crippen LogP contribution in [0.25, 0.3) is 11.1 Å². The van der Waals surface area contributed by atoms with Crippen LogP contribution in [0.4, 0.5) is 5.69 Å². The Morgan fingerprint density at radius 3 is 3.08 bits per heavy atom. The number of hydrogen-bond donors (Lipinski definition) is 1. The largest absolute Gasteiger partial charge is 0.441 e. The van der Waals surface area contributed by atoms with Gasteiger partial charge in [-0.15, -0.1) is 0 Å². The van der Waals surface area contributed by atoms with Gasteiger partial charge in [0.05, 0.1) is 5.69 Å². The molecule has 2 aromatic rings. The summed E-state index contributed by atoms with van der Waals surface area (Å²) >= 11 is 0. The minimum Gasteiger partial charge on any atom is -0.441 e. The molecule has 1 aromatic carbocycles. The predicted molar refractivity (Wildman–Crippen MR) is 47.8 cm³/mol. The van der Waals surface area contributed by atoms with E-state index in [2.05, 4.69) is 11.9 Å². The number of benzene rings is 1. The van der Waals surface area contributed by atoms with Crippen LogP contribution < -0.4 is 5.73 Å². The van der Waals surface area contributed by atoms with Gasteiger partial charge in [-0.2, -0.15) is 0 Å². The molecule has 0 spiro atoms. The topological polar surface area (TPSA) is 52.0 Å². The fraction of sp³-hybridized carbons (Fsp3) is 0.222. The molecule has 0 aliphatic heterocycles. The number of anilines is 1. The van der Waals surface area contributed by atoms with Crippen LogP contribution in [0.15, 0.2) is 22.9 Å². The Morgan fingerprint density at radius 2 is 2.33 bits per heavy atom. The van der Waals surface area contributed by atoms with Crippen LogP contribution >= 0.6 is 0 Å². The summed E-state index contributed by atoms with van der Waals surface area (Å²) in [5.41, 5.74) is 9.13. The zero-order valence-corrected chi connectivity index (χ0v) is 6.87. The third kappa shape index (κ3) is 0.942. The molecule has 3 nitrogen and oxygen atoms in total. The molecule has 0 amide bonds. The van der Waals surface area contributed by atoms with Gasteiger partial charge in [-0.3, -0.25) is 0 Å². The standard InChI is InChI=1S/C9H10N2O/c1-2-6-3-7(10)9-8(4-6)11-5-12-9/h3-5H,2,10H2,1H3. The SMILES string of the molecule is CCc1cc(N)c2ocnc2c1. The molecule has 0 radical (unpaired) electrons. The maximum atomic E-state index is 5.74. The molecular weight excluding hydrogens is 152 g/mol. The van der Waals surface area contributed by atoms with Crippen molar-refractivity contribution in [2.75, 3.05) is 5.73 Å². The van der Waals surface area contributed by atoms with E-state index in [1.807, 2.05) is 12.1 Å². The molecule has 62 valence electrons. The summed E-state index contributed by atoms with van der Waals surface area (Å²) in [4.78, 5) is 4.04. The van der Waals surface area contributed by atoms with Crippen molar-refractivity contribution in [1.29, 1.82) is 0 Å². The first-order chi connectivity index (χ1) is 5.81. The summed E-state index contributed by atoms with van der Waals surface area (Å²) < 4.78 is 5.11. The van der Waals surface area contributed by atoms with Crippen molar-refractivity contribution in [3.8, 4) is 0 Å². The van der Waals surface area contributed by atoms with Gasteiger partial charge in [0.25, 0.3) is 0 Å². The number of hydrogen-bond acceptors (Lipinski definition) is 3. The lowest BCUT2D eigenvalue weighted by Crippen LogP contribution is -1.88. The van der Waals surface area contributed by atoms with Crippen LogP contribution in [0.3, 0.4) is 0 Å². The number of aryl methyl sites for hydroxylation is 1. The van der Waals surface area contributed by atoms with Gasteiger partial charge in [-0.25, -0.2) is 4.98 Å². The molecule has 0 fully saturated rings. The summed E-state index contributed by atoms with van der Waals surface area (Å²) in [6.45, 7) is 2.08. The molecule has 0 bridgehead atoms. The van der Waals surface area contributed by atoms with Gasteiger partial charge in [-0.1, -0.05) is 6.92 Å². The second-order valence-electron chi connectivity index (χ2n) is 2.74. The molecular formula is C9H10N2O. The number of nitrogens with two attached hydrogens (primary N) is 1. The van der Waals surface area contributed by atoms with E-state index in [1.54, 1.807) is 0 Å². The van der Waals surface area contributed by atoms with Gasteiger partial charge < -0.3 is 10.2 Å². The van der Waals surface area contributed by atoms with Crippen molar-refractivity contribution in [1.82, 2.24) is 4.98 Å². The molecule has 1 heterocycles. The van der Waals surface area contributed by atoms with Gasteiger partial charge in [0.2, 0.25) is 0 Å². The van der Waals surface area contributed by atoms with Crippen molar-refractivity contribution in [2.24, 2.45) is 0 Å². The highest BCUT2D eigenvalue weighted by Gasteiger charge is 2.03. The van der Waals surface area contributed by atoms with Crippen molar-refractivity contribution >= 4 is 16.8 Å². The number of oxazole rings is 1. The molecule has 3 heteroatoms. The number of rotatable bonds is 1. The molecule has 2 rings (SSSR count). The Bertz CT molecular complexity index is 406. The maximum Gasteiger partial charge on any atom is 0.182 e. The highest BCUT2D eigenvalue weighted by Crippen LogP contribution is 2.21. The molecule has 0 atom stereocenters. The Kier molecular flexibility index (Phi) is 1.50. The summed E-state index contributed by atoms with van der Waals surface area (Å²) in [5, 5.41) is 0. The normalized spacial score (nSPS) is 10.8. The highest BCUT2D eigenvalue weighted by atomic mass is 16.3. The maximum absolute atomic E-state index is 5.74. The van der Waals surface area contributed by atoms with Gasteiger partial charge in [0.15, 0.2) is 12.0 Å². The Labute approximate surface area is 70.2 Å². The zero-order chi connectivity index (χ0) is 8.55. The average molecular weight is 162 g/mol. The van der Waals surface area contributed by atoms with Gasteiger partial charge in [0, 0.05) is 0 Å². The smallest absolute Gasteiger partial charge is 0.182 e. The average Bonchev–Trinajstić information content (AvgIpc) is 2.52. The number of aromatic nitrogens is 1. The third-order valence-electron chi connectivity index (χ3n) is 1.93. The molecule has 1 aromatic heterocycles. The van der Waals surface area contributed by atoms with Crippen LogP contribution in [0, 0.1) is 0 Å². The number of nitrogen functional groups attached to an aromatic ring is 1. The van der Waals surface area contributed by atoms with Crippen molar-refractivity contribution < 1.29 is 4.42 Å². The van der Waals surface area contributed by atoms with E-state index in [0.29, 0.717) is 11.3 Å². The first-order valence-corrected chi connectivity index (χ1v) is 3.93. The summed E-state index contributed by atoms with van der Waals surface area (Å²) in [5.74, 6) is 0. The minimum atomic E-state index is 0.668. The number of fused-ring (bicyclic) bond motifs is 1. The Morgan fingerprint density at radius 1 is 1.50 bits per heavy atom. The van der Waals surface area contributed by atoms with E-state index in [4.69, 9.17) is 10.2 Å². The van der Waals surface area contributed by atoms with E-state index >= 15 is 0 Å². The fourth-order valence-electron chi connectivity index (χ4n) is 1.26. The summed E-state index contributed by atoms with van der Waals surface area (Å²) in [7, 11) is 0. The van der Waals surface area contributed by atoms with Gasteiger partial charge in [-0.05, 0) is 24.1 Å². The zero-order valence-electron chi connectivity index (χ0n) is 6.87. The minimum absolute atomic E-state index is 0.668. The van der Waals surface area contributed by atoms with Crippen LogP contribution in [0.5, 0.6) is 0 Å². The summed E-state index contributed by atoms with van der Waals surface area (Å²) in [6, 6.07) is 3.92. The third-order valence-corrected chi connectivity index (χ3v) is 1.93. The Hall–Kier alpha value is -1.51. The molecule has 12 heavy (non-hydrogen) atoms. The van der Waals surface area contributed by atoms with E-state index in [0.717, 1.165) is 11.9 Å². The first-order valence-electron chi connectivity index (χ1n) is 3.93. The van der Waals surface area contributed by atoms with Crippen LogP contribution in [0.2, 0.25) is 0 Å². The predicted octanol–water partition coefficient (Wildman–Crippen LogP) is 1.97. The van der Waals surface area contributed by atoms with Crippen molar-refractivity contribution in [3.63, 3.8) is 0 Å². The van der Waals surface area contributed by atoms with E-state index in [1.165, 1.54) is 12.0 Å². The quantitative estimate of drug-likeness (QED) is 0.652. The lowest BCUT2D eigenvalue weighted by atomic mass is 10.1. The van der Waals surface area contributed by atoms with Gasteiger partial charge >= 0.3 is 0 Å². The highest BCUT2D eigenvalue weighted by molar-refractivity contribution is 5.85. The van der Waals surface area contributed by atoms with Crippen molar-refractivity contribution in [2.45, 2.75) is 13.3 Å². The van der Waals surface area contributed by atoms with E-state index in [9.17, 15) is 0 Å². The fourth-order valence-corrected chi connectivity index (χ4v) is 1.26. The molecule has 0 aliphatic carbocycles. The number of nitrogens with zero attached hydrogens (tertiary/aromatic N) is 1. The lowest BCUT2D eigenvalue weighted by molar-refractivity contribution is 0.603. The van der Waals surface area contributed by atoms with Crippen LogP contribution in [-0.2, 0) is 6.42 Å². The van der Waals surface area contributed by atoms with Crippen LogP contribution in [0.1, 0.15) is 12.5 Å². The second kappa shape index (κ2) is 2.52. The molecule has 0 aliphatic rings. The van der Waals surface area contributed by atoms with Crippen molar-refractivity contribution in [3.05, 3.63) is 24.1 Å². The van der Waals surface area contributed by atoms with E-state index in [-0.39, 0.29) is 0 Å². The molecule has 0 saturated carbocycles. The first kappa shape index (κ1) is 7.16. The summed E-state index contributed by atoms with van der Waals surface area (Å²) in [6.07, 6.45) is 2.38. The second-order valence-corrected chi connectivity index (χ2v) is 2.74. The van der Waals surface area contributed by atoms with Gasteiger partial charge in [0.1, 0.15) is 5.52 Å². The Balaban J connectivity index is 2.75. The molecule has 2 N–H and O–H groups in total. The van der Waals surface area contributed by atoms with E-state index < -0.39 is 0 Å². The molecule has 0 unspecified atom stereocenters. The monoisotopic (exact) mass is 162 g/mol. The van der Waals surface area contributed by atoms with Crippen LogP contribution in [-0.4, -0.2) is 4.98 Å². The lowest BCUT2D eigenvalue weighted by Gasteiger charge is -1.98. The molecule has 0 saturated heterocycles.